The van der Waals surface area contributed by atoms with E-state index in [2.05, 4.69) is 5.32 Å². The zero-order valence-corrected chi connectivity index (χ0v) is 13.8. The number of aliphatic hydroxyl groups excluding tert-OH is 2. The van der Waals surface area contributed by atoms with Crippen molar-refractivity contribution in [3.8, 4) is 0 Å². The lowest BCUT2D eigenvalue weighted by atomic mass is 10.1. The quantitative estimate of drug-likeness (QED) is 0.698. The van der Waals surface area contributed by atoms with Crippen LogP contribution in [0.2, 0.25) is 0 Å². The molecular weight excluding hydrogens is 292 g/mol. The van der Waals surface area contributed by atoms with Gasteiger partial charge in [-0.15, -0.1) is 12.4 Å². The molecule has 0 spiro atoms. The molecule has 1 aromatic carbocycles. The lowest BCUT2D eigenvalue weighted by Crippen LogP contribution is -2.48. The molecule has 0 radical (unpaired) electrons. The third-order valence-corrected chi connectivity index (χ3v) is 3.60. The van der Waals surface area contributed by atoms with Crippen LogP contribution in [0.3, 0.4) is 0 Å². The van der Waals surface area contributed by atoms with Crippen molar-refractivity contribution in [2.75, 3.05) is 18.7 Å². The minimum absolute atomic E-state index is 0. The summed E-state index contributed by atoms with van der Waals surface area (Å²) >= 11 is 0. The molecule has 6 heteroatoms. The van der Waals surface area contributed by atoms with Gasteiger partial charge in [0.1, 0.15) is 0 Å². The molecule has 0 aliphatic rings. The van der Waals surface area contributed by atoms with Gasteiger partial charge in [-0.25, -0.2) is 0 Å². The summed E-state index contributed by atoms with van der Waals surface area (Å²) in [4.78, 5) is 13.8. The molecule has 0 saturated heterocycles. The first-order chi connectivity index (χ1) is 9.42. The summed E-state index contributed by atoms with van der Waals surface area (Å²) < 4.78 is 0. The standard InChI is InChI=1S/C15H24N2O3.ClH/c1-10-6-5-7-11(2)14(10)16-15(20)13(4)17(9-19)12(3)8-18;/h5-7,12-13,18-19H,8-9H2,1-4H3,(H,16,20);1H. The van der Waals surface area contributed by atoms with Crippen molar-refractivity contribution in [1.29, 1.82) is 0 Å². The number of aryl methyl sites for hydroxylation is 2. The maximum atomic E-state index is 12.3. The zero-order chi connectivity index (χ0) is 15.3. The second-order valence-corrected chi connectivity index (χ2v) is 5.12. The van der Waals surface area contributed by atoms with Gasteiger partial charge in [-0.2, -0.15) is 0 Å². The molecule has 120 valence electrons. The maximum absolute atomic E-state index is 12.3. The molecule has 0 saturated carbocycles. The predicted octanol–water partition coefficient (Wildman–Crippen LogP) is 1.68. The molecule has 0 bridgehead atoms. The number of para-hydroxylation sites is 1. The van der Waals surface area contributed by atoms with E-state index in [1.807, 2.05) is 32.0 Å². The topological polar surface area (TPSA) is 72.8 Å². The van der Waals surface area contributed by atoms with E-state index in [1.54, 1.807) is 18.7 Å². The number of halogens is 1. The van der Waals surface area contributed by atoms with Gasteiger partial charge >= 0.3 is 0 Å². The molecule has 3 N–H and O–H groups in total. The van der Waals surface area contributed by atoms with Gasteiger partial charge < -0.3 is 15.5 Å². The van der Waals surface area contributed by atoms with E-state index in [0.29, 0.717) is 0 Å². The van der Waals surface area contributed by atoms with E-state index in [-0.39, 0.29) is 37.7 Å². The molecular formula is C15H25ClN2O3. The Hall–Kier alpha value is -1.14. The lowest BCUT2D eigenvalue weighted by Gasteiger charge is -2.30. The molecule has 0 fully saturated rings. The van der Waals surface area contributed by atoms with E-state index in [4.69, 9.17) is 5.11 Å². The summed E-state index contributed by atoms with van der Waals surface area (Å²) in [5, 5.41) is 21.4. The second-order valence-electron chi connectivity index (χ2n) is 5.12. The number of rotatable bonds is 6. The van der Waals surface area contributed by atoms with Crippen molar-refractivity contribution in [3.05, 3.63) is 29.3 Å². The molecule has 5 nitrogen and oxygen atoms in total. The third kappa shape index (κ3) is 4.97. The Morgan fingerprint density at radius 3 is 2.19 bits per heavy atom. The van der Waals surface area contributed by atoms with Gasteiger partial charge in [-0.3, -0.25) is 9.69 Å². The molecule has 0 aromatic heterocycles. The molecule has 1 rings (SSSR count). The molecule has 1 aromatic rings. The summed E-state index contributed by atoms with van der Waals surface area (Å²) in [5.41, 5.74) is 2.80. The number of amides is 1. The van der Waals surface area contributed by atoms with Crippen LogP contribution in [0.25, 0.3) is 0 Å². The summed E-state index contributed by atoms with van der Waals surface area (Å²) in [6.45, 7) is 6.97. The Balaban J connectivity index is 0.00000400. The highest BCUT2D eigenvalue weighted by molar-refractivity contribution is 5.95. The summed E-state index contributed by atoms with van der Waals surface area (Å²) in [5.74, 6) is -0.197. The first kappa shape index (κ1) is 19.9. The summed E-state index contributed by atoms with van der Waals surface area (Å²) in [6, 6.07) is 5.01. The highest BCUT2D eigenvalue weighted by Crippen LogP contribution is 2.20. The molecule has 21 heavy (non-hydrogen) atoms. The van der Waals surface area contributed by atoms with Crippen molar-refractivity contribution >= 4 is 24.0 Å². The Labute approximate surface area is 132 Å². The van der Waals surface area contributed by atoms with Gasteiger partial charge in [0.25, 0.3) is 0 Å². The van der Waals surface area contributed by atoms with E-state index < -0.39 is 6.04 Å². The SMILES string of the molecule is Cc1cccc(C)c1NC(=O)C(C)N(CO)C(C)CO.Cl. The van der Waals surface area contributed by atoms with Crippen molar-refractivity contribution in [2.24, 2.45) is 0 Å². The van der Waals surface area contributed by atoms with Crippen molar-refractivity contribution in [1.82, 2.24) is 4.90 Å². The van der Waals surface area contributed by atoms with Crippen molar-refractivity contribution in [2.45, 2.75) is 39.8 Å². The number of carbonyl (C=O) groups excluding carboxylic acids is 1. The average Bonchev–Trinajstić information content (AvgIpc) is 2.43. The van der Waals surface area contributed by atoms with Crippen LogP contribution in [-0.2, 0) is 4.79 Å². The van der Waals surface area contributed by atoms with E-state index in [9.17, 15) is 9.90 Å². The van der Waals surface area contributed by atoms with Gasteiger partial charge in [0.2, 0.25) is 5.91 Å². The highest BCUT2D eigenvalue weighted by atomic mass is 35.5. The molecule has 2 unspecified atom stereocenters. The van der Waals surface area contributed by atoms with Crippen LogP contribution < -0.4 is 5.32 Å². The van der Waals surface area contributed by atoms with E-state index in [1.165, 1.54) is 0 Å². The van der Waals surface area contributed by atoms with Crippen molar-refractivity contribution in [3.63, 3.8) is 0 Å². The molecule has 2 atom stereocenters. The minimum atomic E-state index is -0.527. The number of benzene rings is 1. The van der Waals surface area contributed by atoms with Gasteiger partial charge in [0, 0.05) is 11.7 Å². The Bertz CT molecular complexity index is 448. The Kier molecular flexibility index (Phi) is 8.51. The molecule has 1 amide bonds. The summed E-state index contributed by atoms with van der Waals surface area (Å²) in [7, 11) is 0. The van der Waals surface area contributed by atoms with Crippen LogP contribution in [0.15, 0.2) is 18.2 Å². The molecule has 0 aliphatic carbocycles. The van der Waals surface area contributed by atoms with Gasteiger partial charge in [-0.05, 0) is 38.8 Å². The number of hydrogen-bond acceptors (Lipinski definition) is 4. The fourth-order valence-corrected chi connectivity index (χ4v) is 2.14. The molecule has 0 heterocycles. The lowest BCUT2D eigenvalue weighted by molar-refractivity contribution is -0.124. The highest BCUT2D eigenvalue weighted by Gasteiger charge is 2.25. The minimum Gasteiger partial charge on any atom is -0.395 e. The van der Waals surface area contributed by atoms with E-state index in [0.717, 1.165) is 16.8 Å². The van der Waals surface area contributed by atoms with Gasteiger partial charge in [0.15, 0.2) is 0 Å². The Morgan fingerprint density at radius 1 is 1.24 bits per heavy atom. The third-order valence-electron chi connectivity index (χ3n) is 3.60. The average molecular weight is 317 g/mol. The van der Waals surface area contributed by atoms with Crippen LogP contribution >= 0.6 is 12.4 Å². The fraction of sp³-hybridized carbons (Fsp3) is 0.533. The molecule has 0 aliphatic heterocycles. The monoisotopic (exact) mass is 316 g/mol. The Morgan fingerprint density at radius 2 is 1.76 bits per heavy atom. The zero-order valence-electron chi connectivity index (χ0n) is 13.0. The van der Waals surface area contributed by atoms with Crippen molar-refractivity contribution < 1.29 is 15.0 Å². The van der Waals surface area contributed by atoms with Gasteiger partial charge in [-0.1, -0.05) is 18.2 Å². The van der Waals surface area contributed by atoms with Gasteiger partial charge in [0.05, 0.1) is 19.4 Å². The normalized spacial score (nSPS) is 13.5. The number of anilines is 1. The van der Waals surface area contributed by atoms with E-state index >= 15 is 0 Å². The van der Waals surface area contributed by atoms with Crippen LogP contribution in [0.5, 0.6) is 0 Å². The first-order valence-electron chi connectivity index (χ1n) is 6.76. The predicted molar refractivity (Wildman–Crippen MR) is 86.7 cm³/mol. The van der Waals surface area contributed by atoms with Crippen LogP contribution in [0.1, 0.15) is 25.0 Å². The van der Waals surface area contributed by atoms with Crippen LogP contribution in [0, 0.1) is 13.8 Å². The summed E-state index contributed by atoms with van der Waals surface area (Å²) in [6.07, 6.45) is 0. The first-order valence-corrected chi connectivity index (χ1v) is 6.76. The smallest absolute Gasteiger partial charge is 0.241 e. The second kappa shape index (κ2) is 9.00. The van der Waals surface area contributed by atoms with Crippen LogP contribution in [-0.4, -0.2) is 46.4 Å². The number of hydrogen-bond donors (Lipinski definition) is 3. The van der Waals surface area contributed by atoms with Crippen LogP contribution in [0.4, 0.5) is 5.69 Å². The largest absolute Gasteiger partial charge is 0.395 e. The number of nitrogens with zero attached hydrogens (tertiary/aromatic N) is 1. The number of carbonyl (C=O) groups is 1. The maximum Gasteiger partial charge on any atom is 0.241 e. The fourth-order valence-electron chi connectivity index (χ4n) is 2.14. The number of aliphatic hydroxyl groups is 2. The number of nitrogens with one attached hydrogen (secondary N) is 1.